The summed E-state index contributed by atoms with van der Waals surface area (Å²) in [6.07, 6.45) is 0. The third-order valence-corrected chi connectivity index (χ3v) is 7.22. The lowest BCUT2D eigenvalue weighted by Gasteiger charge is -2.43. The first-order valence-corrected chi connectivity index (χ1v) is 12.3. The molecule has 0 unspecified atom stereocenters. The topological polar surface area (TPSA) is 89.9 Å². The molecule has 3 aromatic rings. The van der Waals surface area contributed by atoms with Crippen LogP contribution in [-0.2, 0) is 10.0 Å². The van der Waals surface area contributed by atoms with Gasteiger partial charge in [-0.3, -0.25) is 4.72 Å². The lowest BCUT2D eigenvalue weighted by molar-refractivity contribution is 0.0697. The van der Waals surface area contributed by atoms with Gasteiger partial charge in [-0.1, -0.05) is 30.3 Å². The smallest absolute Gasteiger partial charge is 0.335 e. The number of aromatic carboxylic acids is 1. The lowest BCUT2D eigenvalue weighted by atomic mass is 10.1. The monoisotopic (exact) mass is 465 g/mol. The van der Waals surface area contributed by atoms with Crippen LogP contribution in [0.3, 0.4) is 0 Å². The van der Waals surface area contributed by atoms with Gasteiger partial charge in [0.15, 0.2) is 0 Å². The van der Waals surface area contributed by atoms with Crippen LogP contribution in [-0.4, -0.2) is 45.2 Å². The summed E-state index contributed by atoms with van der Waals surface area (Å²) in [5.74, 6) is -1.11. The Morgan fingerprint density at radius 3 is 2.42 bits per heavy atom. The van der Waals surface area contributed by atoms with Crippen LogP contribution >= 0.6 is 0 Å². The molecule has 8 heteroatoms. The Balaban J connectivity index is 1.63. The maximum absolute atomic E-state index is 13.0. The molecule has 1 fully saturated rings. The average molecular weight is 466 g/mol. The number of nitrogens with zero attached hydrogens (tertiary/aromatic N) is 2. The Kier molecular flexibility index (Phi) is 6.29. The summed E-state index contributed by atoms with van der Waals surface area (Å²) in [7, 11) is -3.87. The van der Waals surface area contributed by atoms with Gasteiger partial charge in [0.05, 0.1) is 21.8 Å². The Labute approximate surface area is 194 Å². The normalized spacial score (nSPS) is 16.5. The highest BCUT2D eigenvalue weighted by Gasteiger charge is 2.27. The molecule has 0 aromatic heterocycles. The number of sulfonamides is 1. The zero-order chi connectivity index (χ0) is 23.6. The molecule has 172 valence electrons. The molecule has 0 amide bonds. The van der Waals surface area contributed by atoms with Crippen molar-refractivity contribution >= 4 is 33.1 Å². The summed E-state index contributed by atoms with van der Waals surface area (Å²) < 4.78 is 28.5. The molecule has 1 aliphatic rings. The average Bonchev–Trinajstić information content (AvgIpc) is 2.79. The van der Waals surface area contributed by atoms with Crippen molar-refractivity contribution in [3.05, 3.63) is 83.9 Å². The molecule has 2 N–H and O–H groups in total. The number of hydrogen-bond donors (Lipinski definition) is 2. The molecule has 1 aliphatic heterocycles. The Bertz CT molecular complexity index is 1260. The maximum atomic E-state index is 13.0. The van der Waals surface area contributed by atoms with Gasteiger partial charge in [-0.25, -0.2) is 13.2 Å². The van der Waals surface area contributed by atoms with E-state index in [0.717, 1.165) is 12.2 Å². The number of anilines is 3. The van der Waals surface area contributed by atoms with Gasteiger partial charge in [0.1, 0.15) is 0 Å². The number of carboxylic acid groups (broad SMARTS) is 1. The van der Waals surface area contributed by atoms with Gasteiger partial charge in [-0.05, 0) is 61.9 Å². The molecule has 1 atom stereocenters. The van der Waals surface area contributed by atoms with E-state index in [-0.39, 0.29) is 22.2 Å². The number of nitrogens with one attached hydrogen (secondary N) is 1. The third kappa shape index (κ3) is 4.96. The summed E-state index contributed by atoms with van der Waals surface area (Å²) in [5.41, 5.74) is 3.30. The van der Waals surface area contributed by atoms with Gasteiger partial charge in [0, 0.05) is 31.4 Å². The number of hydrogen-bond acceptors (Lipinski definition) is 5. The molecular weight excluding hydrogens is 438 g/mol. The van der Waals surface area contributed by atoms with Crippen molar-refractivity contribution < 1.29 is 18.3 Å². The fraction of sp³-hybridized carbons (Fsp3) is 0.240. The van der Waals surface area contributed by atoms with E-state index in [2.05, 4.69) is 46.6 Å². The van der Waals surface area contributed by atoms with Gasteiger partial charge < -0.3 is 14.9 Å². The number of carboxylic acids is 1. The third-order valence-electron chi connectivity index (χ3n) is 5.84. The minimum atomic E-state index is -3.87. The standard InChI is InChI=1S/C25H27N3O4S/c1-18-7-6-8-21(15-18)28-14-13-27(17-19(28)2)24-12-11-20(25(29)30)16-23(24)26-33(31,32)22-9-4-3-5-10-22/h3-12,15-16,19,26H,13-14,17H2,1-2H3,(H,29,30)/t19-/m1/s1. The summed E-state index contributed by atoms with van der Waals surface area (Å²) in [6.45, 7) is 6.30. The molecule has 7 nitrogen and oxygen atoms in total. The Hall–Kier alpha value is -3.52. The van der Waals surface area contributed by atoms with E-state index in [1.807, 2.05) is 6.07 Å². The second-order valence-corrected chi connectivity index (χ2v) is 9.97. The van der Waals surface area contributed by atoms with Crippen molar-refractivity contribution in [2.45, 2.75) is 24.8 Å². The first kappa shape index (κ1) is 22.7. The van der Waals surface area contributed by atoms with Crippen LogP contribution in [0.4, 0.5) is 17.1 Å². The molecule has 0 aliphatic carbocycles. The summed E-state index contributed by atoms with van der Waals surface area (Å²) in [5, 5.41) is 9.45. The lowest BCUT2D eigenvalue weighted by Crippen LogP contribution is -2.52. The number of rotatable bonds is 6. The van der Waals surface area contributed by atoms with Crippen LogP contribution in [0.5, 0.6) is 0 Å². The van der Waals surface area contributed by atoms with Crippen molar-refractivity contribution in [3.63, 3.8) is 0 Å². The zero-order valence-corrected chi connectivity index (χ0v) is 19.4. The molecule has 0 radical (unpaired) electrons. The van der Waals surface area contributed by atoms with Crippen LogP contribution in [0, 0.1) is 6.92 Å². The van der Waals surface area contributed by atoms with Crippen LogP contribution in [0.2, 0.25) is 0 Å². The number of benzene rings is 3. The van der Waals surface area contributed by atoms with E-state index in [1.54, 1.807) is 24.3 Å². The molecule has 3 aromatic carbocycles. The molecule has 1 heterocycles. The predicted octanol–water partition coefficient (Wildman–Crippen LogP) is 4.21. The molecule has 0 bridgehead atoms. The number of carbonyl (C=O) groups is 1. The Morgan fingerprint density at radius 1 is 1.00 bits per heavy atom. The largest absolute Gasteiger partial charge is 0.478 e. The zero-order valence-electron chi connectivity index (χ0n) is 18.6. The minimum absolute atomic E-state index is 0.0240. The molecule has 0 spiro atoms. The highest BCUT2D eigenvalue weighted by Crippen LogP contribution is 2.32. The van der Waals surface area contributed by atoms with E-state index in [1.165, 1.54) is 29.8 Å². The van der Waals surface area contributed by atoms with Gasteiger partial charge in [0.25, 0.3) is 10.0 Å². The molecule has 0 saturated carbocycles. The second kappa shape index (κ2) is 9.15. The van der Waals surface area contributed by atoms with E-state index in [4.69, 9.17) is 0 Å². The van der Waals surface area contributed by atoms with Gasteiger partial charge in [0.2, 0.25) is 0 Å². The fourth-order valence-corrected chi connectivity index (χ4v) is 5.28. The minimum Gasteiger partial charge on any atom is -0.478 e. The Morgan fingerprint density at radius 2 is 1.76 bits per heavy atom. The quantitative estimate of drug-likeness (QED) is 0.567. The summed E-state index contributed by atoms with van der Waals surface area (Å²) in [6, 6.07) is 21.2. The first-order valence-electron chi connectivity index (χ1n) is 10.8. The molecular formula is C25H27N3O4S. The van der Waals surface area contributed by atoms with E-state index in [0.29, 0.717) is 18.8 Å². The SMILES string of the molecule is Cc1cccc(N2CCN(c3ccc(C(=O)O)cc3NS(=O)(=O)c3ccccc3)C[C@H]2C)c1. The van der Waals surface area contributed by atoms with Crippen molar-refractivity contribution in [2.24, 2.45) is 0 Å². The van der Waals surface area contributed by atoms with E-state index < -0.39 is 16.0 Å². The summed E-state index contributed by atoms with van der Waals surface area (Å²) in [4.78, 5) is 16.1. The van der Waals surface area contributed by atoms with Crippen LogP contribution in [0.25, 0.3) is 0 Å². The second-order valence-electron chi connectivity index (χ2n) is 8.28. The molecule has 4 rings (SSSR count). The van der Waals surface area contributed by atoms with Crippen LogP contribution in [0.15, 0.2) is 77.7 Å². The fourth-order valence-electron chi connectivity index (χ4n) is 4.20. The van der Waals surface area contributed by atoms with Crippen molar-refractivity contribution in [1.29, 1.82) is 0 Å². The molecule has 33 heavy (non-hydrogen) atoms. The van der Waals surface area contributed by atoms with Crippen LogP contribution in [0.1, 0.15) is 22.8 Å². The van der Waals surface area contributed by atoms with Gasteiger partial charge in [-0.15, -0.1) is 0 Å². The maximum Gasteiger partial charge on any atom is 0.335 e. The summed E-state index contributed by atoms with van der Waals surface area (Å²) >= 11 is 0. The molecule has 1 saturated heterocycles. The van der Waals surface area contributed by atoms with Gasteiger partial charge in [-0.2, -0.15) is 0 Å². The van der Waals surface area contributed by atoms with E-state index >= 15 is 0 Å². The number of aryl methyl sites for hydroxylation is 1. The van der Waals surface area contributed by atoms with Crippen LogP contribution < -0.4 is 14.5 Å². The predicted molar refractivity (Wildman–Crippen MR) is 131 cm³/mol. The van der Waals surface area contributed by atoms with Gasteiger partial charge >= 0.3 is 5.97 Å². The van der Waals surface area contributed by atoms with Crippen molar-refractivity contribution in [3.8, 4) is 0 Å². The van der Waals surface area contributed by atoms with Crippen molar-refractivity contribution in [1.82, 2.24) is 0 Å². The van der Waals surface area contributed by atoms with E-state index in [9.17, 15) is 18.3 Å². The highest BCUT2D eigenvalue weighted by atomic mass is 32.2. The highest BCUT2D eigenvalue weighted by molar-refractivity contribution is 7.92. The first-order chi connectivity index (χ1) is 15.7. The van der Waals surface area contributed by atoms with Crippen molar-refractivity contribution in [2.75, 3.05) is 34.2 Å². The number of piperazine rings is 1.